The summed E-state index contributed by atoms with van der Waals surface area (Å²) >= 11 is 0. The van der Waals surface area contributed by atoms with Crippen LogP contribution in [0.25, 0.3) is 5.65 Å². The third-order valence-electron chi connectivity index (χ3n) is 5.19. The van der Waals surface area contributed by atoms with E-state index in [0.717, 1.165) is 31.0 Å². The fourth-order valence-corrected chi connectivity index (χ4v) is 3.56. The quantitative estimate of drug-likeness (QED) is 0.514. The SMILES string of the molecule is Cc1ccc(C(=O)N2CCN(Cc3cnc4ccccn34)CC2)cc1[N+](=O)[O-]. The van der Waals surface area contributed by atoms with E-state index in [4.69, 9.17) is 0 Å². The summed E-state index contributed by atoms with van der Waals surface area (Å²) < 4.78 is 2.07. The van der Waals surface area contributed by atoms with E-state index in [0.29, 0.717) is 24.2 Å². The van der Waals surface area contributed by atoms with Crippen LogP contribution in [0.2, 0.25) is 0 Å². The molecule has 3 aromatic rings. The molecule has 4 rings (SSSR count). The number of benzene rings is 1. The Kier molecular flexibility index (Phi) is 4.79. The molecule has 0 unspecified atom stereocenters. The van der Waals surface area contributed by atoms with Gasteiger partial charge in [0.1, 0.15) is 5.65 Å². The molecule has 0 bridgehead atoms. The molecule has 8 heteroatoms. The molecule has 0 spiro atoms. The second-order valence-electron chi connectivity index (χ2n) is 7.01. The molecule has 1 fully saturated rings. The number of hydrogen-bond acceptors (Lipinski definition) is 5. The van der Waals surface area contributed by atoms with Gasteiger partial charge in [0.15, 0.2) is 0 Å². The lowest BCUT2D eigenvalue weighted by molar-refractivity contribution is -0.385. The van der Waals surface area contributed by atoms with Crippen molar-refractivity contribution >= 4 is 17.2 Å². The first-order valence-electron chi connectivity index (χ1n) is 9.20. The minimum Gasteiger partial charge on any atom is -0.336 e. The van der Waals surface area contributed by atoms with Gasteiger partial charge in [0.2, 0.25) is 0 Å². The molecule has 0 N–H and O–H groups in total. The number of fused-ring (bicyclic) bond motifs is 1. The first kappa shape index (κ1) is 18.1. The number of piperazine rings is 1. The first-order chi connectivity index (χ1) is 13.5. The van der Waals surface area contributed by atoms with Crippen LogP contribution in [-0.2, 0) is 6.54 Å². The van der Waals surface area contributed by atoms with Crippen molar-refractivity contribution in [2.45, 2.75) is 13.5 Å². The predicted molar refractivity (Wildman–Crippen MR) is 104 cm³/mol. The molecule has 1 aliphatic heterocycles. The van der Waals surface area contributed by atoms with Gasteiger partial charge in [-0.05, 0) is 25.1 Å². The summed E-state index contributed by atoms with van der Waals surface area (Å²) in [5.41, 5.74) is 2.95. The number of nitrogens with zero attached hydrogens (tertiary/aromatic N) is 5. The van der Waals surface area contributed by atoms with Crippen LogP contribution >= 0.6 is 0 Å². The Hall–Kier alpha value is -3.26. The van der Waals surface area contributed by atoms with Crippen molar-refractivity contribution in [3.8, 4) is 0 Å². The molecule has 0 aliphatic carbocycles. The number of aromatic nitrogens is 2. The van der Waals surface area contributed by atoms with Gasteiger partial charge >= 0.3 is 0 Å². The maximum atomic E-state index is 12.8. The zero-order valence-electron chi connectivity index (χ0n) is 15.6. The molecule has 144 valence electrons. The number of pyridine rings is 1. The van der Waals surface area contributed by atoms with E-state index in [1.165, 1.54) is 6.07 Å². The van der Waals surface area contributed by atoms with Crippen molar-refractivity contribution in [3.05, 3.63) is 75.7 Å². The monoisotopic (exact) mass is 379 g/mol. The number of nitro benzene ring substituents is 1. The van der Waals surface area contributed by atoms with Gasteiger partial charge < -0.3 is 9.30 Å². The number of amides is 1. The lowest BCUT2D eigenvalue weighted by atomic mass is 10.1. The molecule has 1 aliphatic rings. The lowest BCUT2D eigenvalue weighted by Gasteiger charge is -2.34. The molecule has 0 saturated carbocycles. The van der Waals surface area contributed by atoms with Crippen molar-refractivity contribution in [3.63, 3.8) is 0 Å². The first-order valence-corrected chi connectivity index (χ1v) is 9.20. The van der Waals surface area contributed by atoms with Gasteiger partial charge in [-0.3, -0.25) is 19.8 Å². The van der Waals surface area contributed by atoms with Crippen molar-refractivity contribution < 1.29 is 9.72 Å². The second kappa shape index (κ2) is 7.40. The van der Waals surface area contributed by atoms with E-state index in [1.54, 1.807) is 24.0 Å². The minimum atomic E-state index is -0.445. The highest BCUT2D eigenvalue weighted by atomic mass is 16.6. The molecular formula is C20H21N5O3. The molecule has 8 nitrogen and oxygen atoms in total. The standard InChI is InChI=1S/C20H21N5O3/c1-15-5-6-16(12-18(15)25(27)28)20(26)23-10-8-22(9-11-23)14-17-13-21-19-4-2-3-7-24(17)19/h2-7,12-13H,8-11,14H2,1H3. The maximum Gasteiger partial charge on any atom is 0.273 e. The Bertz CT molecular complexity index is 1040. The Balaban J connectivity index is 1.40. The van der Waals surface area contributed by atoms with Crippen LogP contribution in [-0.4, -0.2) is 56.2 Å². The predicted octanol–water partition coefficient (Wildman–Crippen LogP) is 2.51. The fraction of sp³-hybridized carbons (Fsp3) is 0.300. The summed E-state index contributed by atoms with van der Waals surface area (Å²) in [6, 6.07) is 10.6. The second-order valence-corrected chi connectivity index (χ2v) is 7.01. The summed E-state index contributed by atoms with van der Waals surface area (Å²) in [5, 5.41) is 11.1. The zero-order chi connectivity index (χ0) is 19.7. The number of carbonyl (C=O) groups is 1. The maximum absolute atomic E-state index is 12.8. The Labute approximate surface area is 162 Å². The van der Waals surface area contributed by atoms with Gasteiger partial charge in [0.05, 0.1) is 16.8 Å². The largest absolute Gasteiger partial charge is 0.336 e. The summed E-state index contributed by atoms with van der Waals surface area (Å²) in [7, 11) is 0. The minimum absolute atomic E-state index is 0.0166. The van der Waals surface area contributed by atoms with Crippen molar-refractivity contribution in [2.75, 3.05) is 26.2 Å². The molecule has 3 heterocycles. The van der Waals surface area contributed by atoms with Gasteiger partial charge in [0, 0.05) is 56.1 Å². The van der Waals surface area contributed by atoms with E-state index in [1.807, 2.05) is 30.6 Å². The molecule has 1 amide bonds. The number of imidazole rings is 1. The van der Waals surface area contributed by atoms with Crippen LogP contribution in [0.15, 0.2) is 48.8 Å². The van der Waals surface area contributed by atoms with Crippen LogP contribution in [0.1, 0.15) is 21.6 Å². The molecule has 0 radical (unpaired) electrons. The third-order valence-corrected chi connectivity index (χ3v) is 5.19. The molecule has 2 aromatic heterocycles. The highest BCUT2D eigenvalue weighted by Gasteiger charge is 2.24. The highest BCUT2D eigenvalue weighted by Crippen LogP contribution is 2.21. The van der Waals surface area contributed by atoms with Crippen LogP contribution in [0, 0.1) is 17.0 Å². The number of nitro groups is 1. The van der Waals surface area contributed by atoms with Crippen molar-refractivity contribution in [1.82, 2.24) is 19.2 Å². The van der Waals surface area contributed by atoms with E-state index in [9.17, 15) is 14.9 Å². The van der Waals surface area contributed by atoms with Gasteiger partial charge in [-0.1, -0.05) is 12.1 Å². The zero-order valence-corrected chi connectivity index (χ0v) is 15.6. The highest BCUT2D eigenvalue weighted by molar-refractivity contribution is 5.95. The van der Waals surface area contributed by atoms with Gasteiger partial charge in [-0.2, -0.15) is 0 Å². The van der Waals surface area contributed by atoms with Crippen LogP contribution in [0.5, 0.6) is 0 Å². The van der Waals surface area contributed by atoms with Crippen LogP contribution in [0.4, 0.5) is 5.69 Å². The Morgan fingerprint density at radius 2 is 1.96 bits per heavy atom. The van der Waals surface area contributed by atoms with Gasteiger partial charge in [-0.15, -0.1) is 0 Å². The summed E-state index contributed by atoms with van der Waals surface area (Å²) in [6.45, 7) is 5.13. The molecular weight excluding hydrogens is 358 g/mol. The Morgan fingerprint density at radius 1 is 1.18 bits per heavy atom. The molecule has 28 heavy (non-hydrogen) atoms. The number of carbonyl (C=O) groups excluding carboxylic acids is 1. The summed E-state index contributed by atoms with van der Waals surface area (Å²) in [6.07, 6.45) is 3.89. The summed E-state index contributed by atoms with van der Waals surface area (Å²) in [5.74, 6) is -0.155. The third kappa shape index (κ3) is 3.46. The fourth-order valence-electron chi connectivity index (χ4n) is 3.56. The molecule has 1 saturated heterocycles. The van der Waals surface area contributed by atoms with E-state index in [2.05, 4.69) is 14.3 Å². The van der Waals surface area contributed by atoms with Crippen LogP contribution in [0.3, 0.4) is 0 Å². The normalized spacial score (nSPS) is 15.1. The van der Waals surface area contributed by atoms with Gasteiger partial charge in [0.25, 0.3) is 11.6 Å². The number of hydrogen-bond donors (Lipinski definition) is 0. The van der Waals surface area contributed by atoms with E-state index >= 15 is 0 Å². The van der Waals surface area contributed by atoms with Crippen molar-refractivity contribution in [1.29, 1.82) is 0 Å². The van der Waals surface area contributed by atoms with Crippen molar-refractivity contribution in [2.24, 2.45) is 0 Å². The average molecular weight is 379 g/mol. The van der Waals surface area contributed by atoms with E-state index in [-0.39, 0.29) is 11.6 Å². The molecule has 1 aromatic carbocycles. The average Bonchev–Trinajstić information content (AvgIpc) is 3.11. The lowest BCUT2D eigenvalue weighted by Crippen LogP contribution is -2.48. The summed E-state index contributed by atoms with van der Waals surface area (Å²) in [4.78, 5) is 31.9. The number of rotatable bonds is 4. The molecule has 0 atom stereocenters. The Morgan fingerprint density at radius 3 is 2.71 bits per heavy atom. The van der Waals surface area contributed by atoms with Crippen LogP contribution < -0.4 is 0 Å². The van der Waals surface area contributed by atoms with Gasteiger partial charge in [-0.25, -0.2) is 4.98 Å². The smallest absolute Gasteiger partial charge is 0.273 e. The van der Waals surface area contributed by atoms with E-state index < -0.39 is 4.92 Å². The topological polar surface area (TPSA) is 84.0 Å². The number of aryl methyl sites for hydroxylation is 1.